The van der Waals surface area contributed by atoms with E-state index < -0.39 is 0 Å². The van der Waals surface area contributed by atoms with Gasteiger partial charge in [0.1, 0.15) is 5.75 Å². The minimum absolute atomic E-state index is 0.262. The Hall–Kier alpha value is -1.39. The van der Waals surface area contributed by atoms with Gasteiger partial charge in [0.15, 0.2) is 0 Å². The van der Waals surface area contributed by atoms with Crippen molar-refractivity contribution in [1.29, 1.82) is 0 Å². The monoisotopic (exact) mass is 304 g/mol. The molecule has 0 aliphatic carbocycles. The number of nitrogens with zero attached hydrogens (tertiary/aromatic N) is 1. The van der Waals surface area contributed by atoms with Gasteiger partial charge in [0.25, 0.3) is 0 Å². The molecule has 1 saturated heterocycles. The number of hydrogen-bond acceptors (Lipinski definition) is 4. The Morgan fingerprint density at radius 2 is 2.09 bits per heavy atom. The summed E-state index contributed by atoms with van der Waals surface area (Å²) in [7, 11) is 0. The van der Waals surface area contributed by atoms with Gasteiger partial charge >= 0.3 is 5.97 Å². The van der Waals surface area contributed by atoms with Crippen LogP contribution in [-0.4, -0.2) is 37.0 Å². The molecule has 1 aromatic rings. The maximum Gasteiger partial charge on any atom is 0.308 e. The summed E-state index contributed by atoms with van der Waals surface area (Å²) < 4.78 is 5.25. The topological polar surface area (TPSA) is 41.6 Å². The van der Waals surface area contributed by atoms with Crippen molar-refractivity contribution in [1.82, 2.24) is 10.2 Å². The number of unbranched alkanes of at least 4 members (excludes halogenated alkanes) is 2. The van der Waals surface area contributed by atoms with E-state index in [-0.39, 0.29) is 5.97 Å². The Morgan fingerprint density at radius 1 is 1.32 bits per heavy atom. The Labute approximate surface area is 133 Å². The van der Waals surface area contributed by atoms with Crippen molar-refractivity contribution in [2.45, 2.75) is 45.6 Å². The van der Waals surface area contributed by atoms with Gasteiger partial charge in [-0.25, -0.2) is 0 Å². The van der Waals surface area contributed by atoms with Crippen molar-refractivity contribution < 1.29 is 9.53 Å². The first-order chi connectivity index (χ1) is 10.7. The quantitative estimate of drug-likeness (QED) is 0.477. The lowest BCUT2D eigenvalue weighted by molar-refractivity contribution is -0.131. The Bertz CT molecular complexity index is 470. The SMILES string of the molecule is CCCCC[C@H](c1cccc(OC(C)=O)c1)N1CCNCC1. The number of benzene rings is 1. The summed E-state index contributed by atoms with van der Waals surface area (Å²) in [6.07, 6.45) is 4.91. The minimum atomic E-state index is -0.262. The molecule has 0 amide bonds. The molecule has 0 bridgehead atoms. The highest BCUT2D eigenvalue weighted by atomic mass is 16.5. The maximum atomic E-state index is 11.2. The number of nitrogens with one attached hydrogen (secondary N) is 1. The molecule has 22 heavy (non-hydrogen) atoms. The first-order valence-corrected chi connectivity index (χ1v) is 8.44. The van der Waals surface area contributed by atoms with Crippen molar-refractivity contribution in [2.75, 3.05) is 26.2 Å². The fraction of sp³-hybridized carbons (Fsp3) is 0.611. The van der Waals surface area contributed by atoms with Crippen molar-refractivity contribution >= 4 is 5.97 Å². The molecule has 0 unspecified atom stereocenters. The van der Waals surface area contributed by atoms with Crippen molar-refractivity contribution in [2.24, 2.45) is 0 Å². The van der Waals surface area contributed by atoms with Crippen LogP contribution in [0.2, 0.25) is 0 Å². The van der Waals surface area contributed by atoms with E-state index >= 15 is 0 Å². The smallest absolute Gasteiger partial charge is 0.308 e. The predicted octanol–water partition coefficient (Wildman–Crippen LogP) is 3.14. The second kappa shape index (κ2) is 8.91. The summed E-state index contributed by atoms with van der Waals surface area (Å²) in [5, 5.41) is 3.41. The lowest BCUT2D eigenvalue weighted by Crippen LogP contribution is -2.45. The molecule has 1 N–H and O–H groups in total. The highest BCUT2D eigenvalue weighted by Crippen LogP contribution is 2.29. The van der Waals surface area contributed by atoms with Gasteiger partial charge in [-0.2, -0.15) is 0 Å². The highest BCUT2D eigenvalue weighted by molar-refractivity contribution is 5.69. The minimum Gasteiger partial charge on any atom is -0.427 e. The lowest BCUT2D eigenvalue weighted by atomic mass is 9.98. The van der Waals surface area contributed by atoms with Gasteiger partial charge in [-0.3, -0.25) is 9.69 Å². The fourth-order valence-electron chi connectivity index (χ4n) is 3.09. The third-order valence-electron chi connectivity index (χ3n) is 4.18. The molecular weight excluding hydrogens is 276 g/mol. The van der Waals surface area contributed by atoms with Crippen LogP contribution in [0.15, 0.2) is 24.3 Å². The number of hydrogen-bond donors (Lipinski definition) is 1. The van der Waals surface area contributed by atoms with E-state index in [0.29, 0.717) is 11.8 Å². The normalized spacial score (nSPS) is 17.2. The Kier molecular flexibility index (Phi) is 6.87. The van der Waals surface area contributed by atoms with Gasteiger partial charge in [0, 0.05) is 39.1 Å². The average molecular weight is 304 g/mol. The van der Waals surface area contributed by atoms with E-state index in [1.807, 2.05) is 18.2 Å². The molecule has 4 nitrogen and oxygen atoms in total. The van der Waals surface area contributed by atoms with Crippen LogP contribution in [0.25, 0.3) is 0 Å². The molecule has 122 valence electrons. The fourth-order valence-corrected chi connectivity index (χ4v) is 3.09. The lowest BCUT2D eigenvalue weighted by Gasteiger charge is -2.35. The zero-order chi connectivity index (χ0) is 15.8. The molecule has 1 aromatic carbocycles. The number of piperazine rings is 1. The molecule has 0 saturated carbocycles. The average Bonchev–Trinajstić information content (AvgIpc) is 2.52. The summed E-state index contributed by atoms with van der Waals surface area (Å²) >= 11 is 0. The second-order valence-corrected chi connectivity index (χ2v) is 5.96. The van der Waals surface area contributed by atoms with Gasteiger partial charge in [-0.15, -0.1) is 0 Å². The van der Waals surface area contributed by atoms with Gasteiger partial charge in [0.2, 0.25) is 0 Å². The molecule has 0 spiro atoms. The van der Waals surface area contributed by atoms with Gasteiger partial charge in [0.05, 0.1) is 0 Å². The molecule has 1 aliphatic heterocycles. The molecule has 4 heteroatoms. The van der Waals surface area contributed by atoms with Gasteiger partial charge in [-0.05, 0) is 24.1 Å². The first-order valence-electron chi connectivity index (χ1n) is 8.44. The zero-order valence-corrected chi connectivity index (χ0v) is 13.8. The molecule has 0 radical (unpaired) electrons. The number of esters is 1. The summed E-state index contributed by atoms with van der Waals surface area (Å²) in [5.41, 5.74) is 1.26. The third-order valence-corrected chi connectivity index (χ3v) is 4.18. The summed E-state index contributed by atoms with van der Waals surface area (Å²) in [6, 6.07) is 8.45. The predicted molar refractivity (Wildman–Crippen MR) is 89.1 cm³/mol. The second-order valence-electron chi connectivity index (χ2n) is 5.96. The van der Waals surface area contributed by atoms with Crippen molar-refractivity contribution in [3.63, 3.8) is 0 Å². The van der Waals surface area contributed by atoms with E-state index in [9.17, 15) is 4.79 Å². The van der Waals surface area contributed by atoms with Crippen LogP contribution in [0.1, 0.15) is 51.1 Å². The number of carbonyl (C=O) groups excluding carboxylic acids is 1. The van der Waals surface area contributed by atoms with E-state index in [1.54, 1.807) is 0 Å². The summed E-state index contributed by atoms with van der Waals surface area (Å²) in [5.74, 6) is 0.391. The number of carbonyl (C=O) groups is 1. The number of rotatable bonds is 7. The first kappa shape index (κ1) is 17.0. The van der Waals surface area contributed by atoms with Crippen LogP contribution in [0, 0.1) is 0 Å². The molecule has 1 aliphatic rings. The van der Waals surface area contributed by atoms with E-state index in [4.69, 9.17) is 4.74 Å². The van der Waals surface area contributed by atoms with Crippen LogP contribution in [0.3, 0.4) is 0 Å². The standard InChI is InChI=1S/C18H28N2O2/c1-3-4-5-9-18(20-12-10-19-11-13-20)16-7-6-8-17(14-16)22-15(2)21/h6-8,14,18-19H,3-5,9-13H2,1-2H3/t18-/m1/s1. The van der Waals surface area contributed by atoms with E-state index in [2.05, 4.69) is 23.2 Å². The van der Waals surface area contributed by atoms with Gasteiger partial charge < -0.3 is 10.1 Å². The third kappa shape index (κ3) is 5.11. The van der Waals surface area contributed by atoms with E-state index in [1.165, 1.54) is 31.7 Å². The molecular formula is C18H28N2O2. The number of ether oxygens (including phenoxy) is 1. The van der Waals surface area contributed by atoms with Gasteiger partial charge in [-0.1, -0.05) is 38.3 Å². The zero-order valence-electron chi connectivity index (χ0n) is 13.8. The Balaban J connectivity index is 2.13. The Morgan fingerprint density at radius 3 is 2.77 bits per heavy atom. The largest absolute Gasteiger partial charge is 0.427 e. The van der Waals surface area contributed by atoms with Crippen molar-refractivity contribution in [3.05, 3.63) is 29.8 Å². The van der Waals surface area contributed by atoms with Crippen LogP contribution < -0.4 is 10.1 Å². The maximum absolute atomic E-state index is 11.2. The van der Waals surface area contributed by atoms with Crippen LogP contribution in [0.5, 0.6) is 5.75 Å². The highest BCUT2D eigenvalue weighted by Gasteiger charge is 2.22. The van der Waals surface area contributed by atoms with Crippen LogP contribution in [0.4, 0.5) is 0 Å². The molecule has 1 fully saturated rings. The summed E-state index contributed by atoms with van der Waals surface area (Å²) in [6.45, 7) is 7.94. The van der Waals surface area contributed by atoms with Crippen LogP contribution >= 0.6 is 0 Å². The van der Waals surface area contributed by atoms with E-state index in [0.717, 1.165) is 32.6 Å². The molecule has 2 rings (SSSR count). The van der Waals surface area contributed by atoms with Crippen LogP contribution in [-0.2, 0) is 4.79 Å². The molecule has 1 heterocycles. The summed E-state index contributed by atoms with van der Waals surface area (Å²) in [4.78, 5) is 13.7. The van der Waals surface area contributed by atoms with Crippen molar-refractivity contribution in [3.8, 4) is 5.75 Å². The molecule has 0 aromatic heterocycles. The molecule has 1 atom stereocenters.